The van der Waals surface area contributed by atoms with Crippen LogP contribution in [0.3, 0.4) is 0 Å². The lowest BCUT2D eigenvalue weighted by atomic mass is 10.1. The number of hydrogen-bond donors (Lipinski definition) is 1. The highest BCUT2D eigenvalue weighted by Gasteiger charge is 2.17. The second kappa shape index (κ2) is 8.10. The Bertz CT molecular complexity index is 786. The maximum atomic E-state index is 12.6. The number of amides is 1. The third-order valence-corrected chi connectivity index (χ3v) is 3.75. The number of nitrogens with one attached hydrogen (secondary N) is 1. The summed E-state index contributed by atoms with van der Waals surface area (Å²) >= 11 is 0. The van der Waals surface area contributed by atoms with Gasteiger partial charge in [-0.15, -0.1) is 0 Å². The van der Waals surface area contributed by atoms with Gasteiger partial charge in [-0.25, -0.2) is 0 Å². The van der Waals surface area contributed by atoms with Crippen molar-refractivity contribution in [3.05, 3.63) is 78.1 Å². The van der Waals surface area contributed by atoms with E-state index >= 15 is 0 Å². The molecule has 0 radical (unpaired) electrons. The summed E-state index contributed by atoms with van der Waals surface area (Å²) in [5.74, 6) is 0.600. The van der Waals surface area contributed by atoms with Crippen LogP contribution in [0.4, 0.5) is 0 Å². The van der Waals surface area contributed by atoms with Crippen molar-refractivity contribution in [2.24, 2.45) is 0 Å². The van der Waals surface area contributed by atoms with Crippen molar-refractivity contribution < 1.29 is 9.53 Å². The molecule has 0 unspecified atom stereocenters. The van der Waals surface area contributed by atoms with Crippen LogP contribution in [0, 0.1) is 0 Å². The van der Waals surface area contributed by atoms with Gasteiger partial charge in [0.15, 0.2) is 0 Å². The van der Waals surface area contributed by atoms with Gasteiger partial charge < -0.3 is 10.1 Å². The van der Waals surface area contributed by atoms with Crippen molar-refractivity contribution in [1.82, 2.24) is 20.3 Å². The molecule has 0 aliphatic rings. The van der Waals surface area contributed by atoms with Crippen molar-refractivity contribution in [2.45, 2.75) is 19.5 Å². The summed E-state index contributed by atoms with van der Waals surface area (Å²) in [6, 6.07) is 16.7. The zero-order valence-electron chi connectivity index (χ0n) is 14.0. The van der Waals surface area contributed by atoms with Crippen LogP contribution in [0.5, 0.6) is 5.75 Å². The van der Waals surface area contributed by atoms with E-state index in [-0.39, 0.29) is 11.9 Å². The minimum Gasteiger partial charge on any atom is -0.494 e. The quantitative estimate of drug-likeness (QED) is 0.720. The van der Waals surface area contributed by atoms with Crippen molar-refractivity contribution in [3.8, 4) is 5.75 Å². The monoisotopic (exact) mass is 336 g/mol. The fourth-order valence-electron chi connectivity index (χ4n) is 2.53. The summed E-state index contributed by atoms with van der Waals surface area (Å²) in [6.45, 7) is 2.98. The number of carbonyl (C=O) groups is 1. The molecule has 25 heavy (non-hydrogen) atoms. The van der Waals surface area contributed by atoms with Crippen LogP contribution < -0.4 is 10.1 Å². The van der Waals surface area contributed by atoms with Gasteiger partial charge in [-0.3, -0.25) is 4.79 Å². The van der Waals surface area contributed by atoms with E-state index in [4.69, 9.17) is 4.74 Å². The van der Waals surface area contributed by atoms with Crippen molar-refractivity contribution in [1.29, 1.82) is 0 Å². The molecule has 1 amide bonds. The molecule has 1 aromatic heterocycles. The molecule has 1 N–H and O–H groups in total. The van der Waals surface area contributed by atoms with Gasteiger partial charge in [0.1, 0.15) is 5.75 Å². The summed E-state index contributed by atoms with van der Waals surface area (Å²) in [5.41, 5.74) is 1.58. The van der Waals surface area contributed by atoms with E-state index in [9.17, 15) is 4.79 Å². The molecule has 2 aromatic carbocycles. The molecule has 3 aromatic rings. The average molecular weight is 336 g/mol. The number of carbonyl (C=O) groups excluding carboxylic acids is 1. The Morgan fingerprint density at radius 1 is 1.08 bits per heavy atom. The molecule has 128 valence electrons. The van der Waals surface area contributed by atoms with E-state index in [0.29, 0.717) is 18.7 Å². The number of hydrogen-bond acceptors (Lipinski definition) is 4. The van der Waals surface area contributed by atoms with Crippen LogP contribution in [-0.2, 0) is 6.54 Å². The molecule has 3 rings (SSSR count). The summed E-state index contributed by atoms with van der Waals surface area (Å²) in [5, 5.41) is 11.3. The van der Waals surface area contributed by atoms with E-state index in [1.54, 1.807) is 41.5 Å². The molecule has 0 saturated carbocycles. The Balaban J connectivity index is 1.76. The van der Waals surface area contributed by atoms with Crippen LogP contribution in [0.25, 0.3) is 0 Å². The van der Waals surface area contributed by atoms with Gasteiger partial charge >= 0.3 is 0 Å². The molecule has 0 aliphatic heterocycles. The zero-order valence-corrected chi connectivity index (χ0v) is 14.0. The summed E-state index contributed by atoms with van der Waals surface area (Å²) in [7, 11) is 0. The van der Waals surface area contributed by atoms with E-state index < -0.39 is 0 Å². The lowest BCUT2D eigenvalue weighted by Gasteiger charge is -2.19. The highest BCUT2D eigenvalue weighted by atomic mass is 16.5. The van der Waals surface area contributed by atoms with Gasteiger partial charge in [-0.1, -0.05) is 30.3 Å². The number of benzene rings is 2. The number of ether oxygens (including phenoxy) is 1. The summed E-state index contributed by atoms with van der Waals surface area (Å²) in [6.07, 6.45) is 3.24. The Kier molecular flexibility index (Phi) is 5.41. The van der Waals surface area contributed by atoms with Crippen LogP contribution in [0.15, 0.2) is 67.0 Å². The zero-order chi connectivity index (χ0) is 17.5. The fraction of sp³-hybridized carbons (Fsp3) is 0.211. The maximum Gasteiger partial charge on any atom is 0.251 e. The molecule has 0 bridgehead atoms. The van der Waals surface area contributed by atoms with Gasteiger partial charge in [-0.05, 0) is 36.8 Å². The second-order valence-corrected chi connectivity index (χ2v) is 5.48. The second-order valence-electron chi connectivity index (χ2n) is 5.48. The molecule has 1 atom stereocenters. The topological polar surface area (TPSA) is 69.0 Å². The first kappa shape index (κ1) is 16.7. The van der Waals surface area contributed by atoms with Gasteiger partial charge in [0.25, 0.3) is 5.91 Å². The lowest BCUT2D eigenvalue weighted by Crippen LogP contribution is -2.32. The number of rotatable bonds is 7. The van der Waals surface area contributed by atoms with E-state index in [1.165, 1.54) is 0 Å². The summed E-state index contributed by atoms with van der Waals surface area (Å²) in [4.78, 5) is 14.2. The van der Waals surface area contributed by atoms with Gasteiger partial charge in [-0.2, -0.15) is 15.0 Å². The Morgan fingerprint density at radius 2 is 1.76 bits per heavy atom. The van der Waals surface area contributed by atoms with Crippen LogP contribution >= 0.6 is 0 Å². The first-order chi connectivity index (χ1) is 12.3. The van der Waals surface area contributed by atoms with Crippen LogP contribution in [0.1, 0.15) is 28.9 Å². The highest BCUT2D eigenvalue weighted by molar-refractivity contribution is 5.94. The predicted molar refractivity (Wildman–Crippen MR) is 94.3 cm³/mol. The molecule has 6 nitrogen and oxygen atoms in total. The maximum absolute atomic E-state index is 12.6. The third-order valence-electron chi connectivity index (χ3n) is 3.75. The SMILES string of the molecule is CCOc1ccc(C(=O)N[C@@H](Cn2nccn2)c2ccccc2)cc1. The molecule has 6 heteroatoms. The largest absolute Gasteiger partial charge is 0.494 e. The smallest absolute Gasteiger partial charge is 0.251 e. The molecule has 0 spiro atoms. The molecule has 0 aliphatic carbocycles. The van der Waals surface area contributed by atoms with Crippen molar-refractivity contribution in [3.63, 3.8) is 0 Å². The van der Waals surface area contributed by atoms with Gasteiger partial charge in [0, 0.05) is 5.56 Å². The minimum atomic E-state index is -0.229. The van der Waals surface area contributed by atoms with Crippen molar-refractivity contribution in [2.75, 3.05) is 6.61 Å². The Morgan fingerprint density at radius 3 is 2.40 bits per heavy atom. The fourth-order valence-corrected chi connectivity index (χ4v) is 2.53. The van der Waals surface area contributed by atoms with E-state index in [1.807, 2.05) is 37.3 Å². The third kappa shape index (κ3) is 4.44. The lowest BCUT2D eigenvalue weighted by molar-refractivity contribution is 0.0930. The molecule has 0 saturated heterocycles. The number of nitrogens with zero attached hydrogens (tertiary/aromatic N) is 3. The average Bonchev–Trinajstić information content (AvgIpc) is 3.16. The Hall–Kier alpha value is -3.15. The standard InChI is InChI=1S/C19H20N4O2/c1-2-25-17-10-8-16(9-11-17)19(24)22-18(14-23-20-12-13-21-23)15-6-4-3-5-7-15/h3-13,18H,2,14H2,1H3,(H,22,24)/t18-/m0/s1. The highest BCUT2D eigenvalue weighted by Crippen LogP contribution is 2.17. The first-order valence-corrected chi connectivity index (χ1v) is 8.19. The van der Waals surface area contributed by atoms with Crippen LogP contribution in [-0.4, -0.2) is 27.5 Å². The predicted octanol–water partition coefficient (Wildman–Crippen LogP) is 2.85. The molecular weight excluding hydrogens is 316 g/mol. The Labute approximate surface area is 146 Å². The van der Waals surface area contributed by atoms with Gasteiger partial charge in [0.05, 0.1) is 31.6 Å². The van der Waals surface area contributed by atoms with Crippen molar-refractivity contribution >= 4 is 5.91 Å². The summed E-state index contributed by atoms with van der Waals surface area (Å²) < 4.78 is 5.41. The van der Waals surface area contributed by atoms with Crippen LogP contribution in [0.2, 0.25) is 0 Å². The first-order valence-electron chi connectivity index (χ1n) is 8.19. The molecule has 1 heterocycles. The van der Waals surface area contributed by atoms with E-state index in [0.717, 1.165) is 11.3 Å². The molecular formula is C19H20N4O2. The minimum absolute atomic E-state index is 0.149. The molecule has 0 fully saturated rings. The normalized spacial score (nSPS) is 11.7. The van der Waals surface area contributed by atoms with E-state index in [2.05, 4.69) is 15.5 Å². The van der Waals surface area contributed by atoms with Gasteiger partial charge in [0.2, 0.25) is 0 Å². The number of aromatic nitrogens is 3.